The van der Waals surface area contributed by atoms with Gasteiger partial charge in [-0.25, -0.2) is 4.79 Å². The second-order valence-corrected chi connectivity index (χ2v) is 6.58. The van der Waals surface area contributed by atoms with Crippen LogP contribution in [0, 0.1) is 5.92 Å². The number of fused-ring (bicyclic) bond motifs is 1. The topological polar surface area (TPSA) is 81.0 Å². The van der Waals surface area contributed by atoms with Gasteiger partial charge >= 0.3 is 5.69 Å². The van der Waals surface area contributed by atoms with Crippen molar-refractivity contribution in [2.75, 3.05) is 13.1 Å². The molecule has 1 saturated heterocycles. The zero-order valence-corrected chi connectivity index (χ0v) is 12.6. The van der Waals surface area contributed by atoms with E-state index in [-0.39, 0.29) is 17.6 Å². The van der Waals surface area contributed by atoms with Gasteiger partial charge in [0.25, 0.3) is 5.91 Å². The zero-order chi connectivity index (χ0) is 15.3. The van der Waals surface area contributed by atoms with Gasteiger partial charge in [-0.1, -0.05) is 6.92 Å². The number of imidazole rings is 1. The number of amides is 1. The van der Waals surface area contributed by atoms with Gasteiger partial charge in [0.1, 0.15) is 0 Å². The van der Waals surface area contributed by atoms with Crippen LogP contribution >= 0.6 is 0 Å². The molecule has 6 nitrogen and oxygen atoms in total. The Bertz CT molecular complexity index is 774. The lowest BCUT2D eigenvalue weighted by atomic mass is 10.1. The van der Waals surface area contributed by atoms with Gasteiger partial charge in [0, 0.05) is 30.7 Å². The second kappa shape index (κ2) is 4.98. The predicted molar refractivity (Wildman–Crippen MR) is 83.9 cm³/mol. The molecule has 1 saturated carbocycles. The van der Waals surface area contributed by atoms with Crippen LogP contribution in [0.25, 0.3) is 11.0 Å². The fourth-order valence-electron chi connectivity index (χ4n) is 3.36. The zero-order valence-electron chi connectivity index (χ0n) is 12.6. The smallest absolute Gasteiger partial charge is 0.323 e. The molecule has 0 spiro atoms. The van der Waals surface area contributed by atoms with E-state index in [0.29, 0.717) is 17.0 Å². The van der Waals surface area contributed by atoms with Crippen molar-refractivity contribution in [1.29, 1.82) is 0 Å². The summed E-state index contributed by atoms with van der Waals surface area (Å²) in [6.07, 6.45) is 2.59. The van der Waals surface area contributed by atoms with E-state index in [1.807, 2.05) is 0 Å². The number of nitrogens with one attached hydrogen (secondary N) is 3. The third-order valence-corrected chi connectivity index (χ3v) is 4.80. The fourth-order valence-corrected chi connectivity index (χ4v) is 3.36. The van der Waals surface area contributed by atoms with Crippen LogP contribution in [-0.4, -0.2) is 45.9 Å². The van der Waals surface area contributed by atoms with Gasteiger partial charge in [-0.2, -0.15) is 0 Å². The quantitative estimate of drug-likeness (QED) is 0.793. The van der Waals surface area contributed by atoms with E-state index in [1.165, 1.54) is 12.8 Å². The molecule has 1 aromatic heterocycles. The largest absolute Gasteiger partial charge is 0.348 e. The summed E-state index contributed by atoms with van der Waals surface area (Å²) in [4.78, 5) is 31.6. The van der Waals surface area contributed by atoms with Gasteiger partial charge in [-0.15, -0.1) is 0 Å². The number of likely N-dealkylation sites (tertiary alicyclic amines) is 1. The normalized spacial score (nSPS) is 25.7. The fraction of sp³-hybridized carbons (Fsp3) is 0.500. The molecule has 1 aliphatic heterocycles. The maximum atomic E-state index is 12.5. The summed E-state index contributed by atoms with van der Waals surface area (Å²) in [7, 11) is 0. The highest BCUT2D eigenvalue weighted by molar-refractivity contribution is 5.97. The number of carbonyl (C=O) groups is 1. The molecule has 1 aliphatic carbocycles. The van der Waals surface area contributed by atoms with Crippen LogP contribution in [0.1, 0.15) is 30.1 Å². The maximum Gasteiger partial charge on any atom is 0.323 e. The average Bonchev–Trinajstić information content (AvgIpc) is 3.17. The Balaban J connectivity index is 1.49. The van der Waals surface area contributed by atoms with Crippen LogP contribution in [0.5, 0.6) is 0 Å². The maximum absolute atomic E-state index is 12.5. The van der Waals surface area contributed by atoms with Crippen molar-refractivity contribution >= 4 is 16.9 Å². The standard InChI is InChI=1S/C16H20N4O2/c1-9-7-20(11-3-4-11)8-14(9)17-15(21)10-2-5-12-13(6-10)19-16(22)18-12/h2,5-6,9,11,14H,3-4,7-8H2,1H3,(H,17,21)(H2,18,19,22)/t9-,14+/m1/s1. The van der Waals surface area contributed by atoms with E-state index in [4.69, 9.17) is 0 Å². The molecular weight excluding hydrogens is 280 g/mol. The molecule has 22 heavy (non-hydrogen) atoms. The first-order chi connectivity index (χ1) is 10.6. The van der Waals surface area contributed by atoms with Crippen LogP contribution in [0.2, 0.25) is 0 Å². The Labute approximate surface area is 127 Å². The lowest BCUT2D eigenvalue weighted by Gasteiger charge is -2.17. The van der Waals surface area contributed by atoms with Crippen LogP contribution in [-0.2, 0) is 0 Å². The van der Waals surface area contributed by atoms with Crippen molar-refractivity contribution in [2.24, 2.45) is 5.92 Å². The van der Waals surface area contributed by atoms with Crippen LogP contribution < -0.4 is 11.0 Å². The molecule has 2 aliphatic rings. The summed E-state index contributed by atoms with van der Waals surface area (Å²) < 4.78 is 0. The third kappa shape index (κ3) is 2.43. The Morgan fingerprint density at radius 1 is 1.23 bits per heavy atom. The number of aromatic amines is 2. The number of aromatic nitrogens is 2. The highest BCUT2D eigenvalue weighted by Crippen LogP contribution is 2.31. The third-order valence-electron chi connectivity index (χ3n) is 4.80. The van der Waals surface area contributed by atoms with Crippen molar-refractivity contribution in [1.82, 2.24) is 20.2 Å². The average molecular weight is 300 g/mol. The summed E-state index contributed by atoms with van der Waals surface area (Å²) in [6, 6.07) is 6.18. The summed E-state index contributed by atoms with van der Waals surface area (Å²) in [5.41, 5.74) is 1.71. The highest BCUT2D eigenvalue weighted by Gasteiger charge is 2.38. The first-order valence-electron chi connectivity index (χ1n) is 7.87. The van der Waals surface area contributed by atoms with Crippen LogP contribution in [0.15, 0.2) is 23.0 Å². The van der Waals surface area contributed by atoms with Crippen molar-refractivity contribution in [3.8, 4) is 0 Å². The summed E-state index contributed by atoms with van der Waals surface area (Å²) in [6.45, 7) is 4.21. The number of hydrogen-bond donors (Lipinski definition) is 3. The molecule has 6 heteroatoms. The minimum Gasteiger partial charge on any atom is -0.348 e. The summed E-state index contributed by atoms with van der Waals surface area (Å²) in [5, 5.41) is 3.15. The number of benzene rings is 1. The van der Waals surface area contributed by atoms with Crippen molar-refractivity contribution in [2.45, 2.75) is 31.8 Å². The van der Waals surface area contributed by atoms with E-state index in [0.717, 1.165) is 24.6 Å². The van der Waals surface area contributed by atoms with Crippen molar-refractivity contribution < 1.29 is 4.79 Å². The van der Waals surface area contributed by atoms with Crippen molar-refractivity contribution in [3.63, 3.8) is 0 Å². The molecule has 1 aromatic carbocycles. The lowest BCUT2D eigenvalue weighted by molar-refractivity contribution is 0.0931. The van der Waals surface area contributed by atoms with Crippen LogP contribution in [0.4, 0.5) is 0 Å². The van der Waals surface area contributed by atoms with Gasteiger partial charge in [0.2, 0.25) is 0 Å². The van der Waals surface area contributed by atoms with Gasteiger partial charge in [0.15, 0.2) is 0 Å². The SMILES string of the molecule is C[C@@H]1CN(C2CC2)C[C@@H]1NC(=O)c1ccc2[nH]c(=O)[nH]c2c1. The first kappa shape index (κ1) is 13.6. The Kier molecular flexibility index (Phi) is 3.07. The number of carbonyl (C=O) groups excluding carboxylic acids is 1. The molecule has 4 rings (SSSR count). The Morgan fingerprint density at radius 2 is 2.00 bits per heavy atom. The second-order valence-electron chi connectivity index (χ2n) is 6.58. The molecule has 116 valence electrons. The first-order valence-corrected chi connectivity index (χ1v) is 7.87. The molecule has 0 unspecified atom stereocenters. The predicted octanol–water partition coefficient (Wildman–Crippen LogP) is 1.07. The van der Waals surface area contributed by atoms with Gasteiger partial charge in [-0.05, 0) is 37.0 Å². The Morgan fingerprint density at radius 3 is 2.77 bits per heavy atom. The van der Waals surface area contributed by atoms with E-state index in [9.17, 15) is 9.59 Å². The number of H-pyrrole nitrogens is 2. The highest BCUT2D eigenvalue weighted by atomic mass is 16.2. The molecule has 2 aromatic rings. The monoisotopic (exact) mass is 300 g/mol. The molecular formula is C16H20N4O2. The van der Waals surface area contributed by atoms with Gasteiger partial charge in [-0.3, -0.25) is 9.69 Å². The van der Waals surface area contributed by atoms with Gasteiger partial charge in [0.05, 0.1) is 11.0 Å². The van der Waals surface area contributed by atoms with Gasteiger partial charge < -0.3 is 15.3 Å². The molecule has 2 heterocycles. The molecule has 1 amide bonds. The minimum atomic E-state index is -0.253. The molecule has 0 bridgehead atoms. The van der Waals surface area contributed by atoms with E-state index in [1.54, 1.807) is 18.2 Å². The number of rotatable bonds is 3. The molecule has 2 fully saturated rings. The van der Waals surface area contributed by atoms with E-state index < -0.39 is 0 Å². The molecule has 2 atom stereocenters. The van der Waals surface area contributed by atoms with Crippen molar-refractivity contribution in [3.05, 3.63) is 34.2 Å². The van der Waals surface area contributed by atoms with Crippen LogP contribution in [0.3, 0.4) is 0 Å². The Hall–Kier alpha value is -2.08. The summed E-state index contributed by atoms with van der Waals surface area (Å²) in [5.74, 6) is 0.402. The number of hydrogen-bond acceptors (Lipinski definition) is 3. The van der Waals surface area contributed by atoms with E-state index >= 15 is 0 Å². The molecule has 0 radical (unpaired) electrons. The molecule has 3 N–H and O–H groups in total. The van der Waals surface area contributed by atoms with E-state index in [2.05, 4.69) is 27.1 Å². The minimum absolute atomic E-state index is 0.0709. The lowest BCUT2D eigenvalue weighted by Crippen LogP contribution is -2.40. The number of nitrogens with zero attached hydrogens (tertiary/aromatic N) is 1. The summed E-state index contributed by atoms with van der Waals surface area (Å²) >= 11 is 0.